The summed E-state index contributed by atoms with van der Waals surface area (Å²) in [6.07, 6.45) is 7.03. The normalized spacial score (nSPS) is 14.6. The first-order valence-electron chi connectivity index (χ1n) is 14.1. The second kappa shape index (κ2) is 12.1. The van der Waals surface area contributed by atoms with Gasteiger partial charge in [-0.2, -0.15) is 4.98 Å². The molecule has 0 saturated carbocycles. The number of piperidine rings is 1. The van der Waals surface area contributed by atoms with E-state index in [2.05, 4.69) is 84.2 Å². The topological polar surface area (TPSA) is 119 Å². The van der Waals surface area contributed by atoms with Crippen molar-refractivity contribution in [2.45, 2.75) is 38.6 Å². The van der Waals surface area contributed by atoms with Crippen LogP contribution in [-0.2, 0) is 4.57 Å². The van der Waals surface area contributed by atoms with Crippen molar-refractivity contribution in [3.8, 4) is 5.75 Å². The molecule has 3 N–H and O–H groups in total. The third-order valence-electron chi connectivity index (χ3n) is 7.70. The number of rotatable bonds is 8. The molecule has 1 aliphatic rings. The van der Waals surface area contributed by atoms with Crippen LogP contribution in [0.3, 0.4) is 0 Å². The molecule has 1 fully saturated rings. The van der Waals surface area contributed by atoms with Crippen molar-refractivity contribution >= 4 is 68.2 Å². The maximum absolute atomic E-state index is 13.3. The number of phenolic OH excluding ortho intramolecular Hbond substituents is 1. The minimum Gasteiger partial charge on any atom is -0.506 e. The molecule has 222 valence electrons. The lowest BCUT2D eigenvalue weighted by Gasteiger charge is -2.38. The van der Waals surface area contributed by atoms with Crippen molar-refractivity contribution in [3.05, 3.63) is 52.9 Å². The summed E-state index contributed by atoms with van der Waals surface area (Å²) in [6.45, 7) is 9.65. The van der Waals surface area contributed by atoms with Gasteiger partial charge in [0.25, 0.3) is 0 Å². The minimum atomic E-state index is -2.75. The number of nitrogens with one attached hydrogen (secondary N) is 2. The van der Waals surface area contributed by atoms with Gasteiger partial charge in [0, 0.05) is 49.5 Å². The Hall–Kier alpha value is -3.27. The van der Waals surface area contributed by atoms with Crippen LogP contribution in [0.5, 0.6) is 5.75 Å². The molecular weight excluding hydrogens is 615 g/mol. The fourth-order valence-electron chi connectivity index (χ4n) is 5.48. The first-order valence-corrected chi connectivity index (χ1v) is 17.5. The van der Waals surface area contributed by atoms with Crippen LogP contribution >= 0.6 is 23.1 Å². The number of aromatic hydroxyl groups is 1. The number of nitrogens with zero attached hydrogens (tertiary/aromatic N) is 6. The van der Waals surface area contributed by atoms with E-state index in [1.165, 1.54) is 0 Å². The van der Waals surface area contributed by atoms with Crippen LogP contribution in [0, 0.1) is 0 Å². The molecule has 0 spiro atoms. The molecule has 3 heterocycles. The van der Waals surface area contributed by atoms with E-state index in [0.29, 0.717) is 50.0 Å². The average molecular weight is 654 g/mol. The average Bonchev–Trinajstić information content (AvgIpc) is 2.94. The third kappa shape index (κ3) is 6.38. The van der Waals surface area contributed by atoms with Gasteiger partial charge >= 0.3 is 0 Å². The molecule has 0 unspecified atom stereocenters. The Morgan fingerprint density at radius 1 is 1.05 bits per heavy atom. The number of anilines is 5. The summed E-state index contributed by atoms with van der Waals surface area (Å²) in [7, 11) is 1.53. The van der Waals surface area contributed by atoms with E-state index in [0.717, 1.165) is 37.2 Å². The zero-order valence-corrected chi connectivity index (χ0v) is 27.4. The molecule has 2 aromatic heterocycles. The van der Waals surface area contributed by atoms with Gasteiger partial charge in [-0.1, -0.05) is 13.8 Å². The highest BCUT2D eigenvalue weighted by molar-refractivity contribution is 9.10. The maximum atomic E-state index is 13.3. The van der Waals surface area contributed by atoms with Crippen molar-refractivity contribution < 1.29 is 9.67 Å². The minimum absolute atomic E-state index is 0.137. The Labute approximate surface area is 255 Å². The van der Waals surface area contributed by atoms with E-state index in [-0.39, 0.29) is 11.7 Å². The van der Waals surface area contributed by atoms with Gasteiger partial charge in [-0.25, -0.2) is 4.98 Å². The fourth-order valence-corrected chi connectivity index (χ4v) is 7.17. The van der Waals surface area contributed by atoms with Gasteiger partial charge in [-0.15, -0.1) is 0 Å². The summed E-state index contributed by atoms with van der Waals surface area (Å²) in [6, 6.07) is 8.11. The quantitative estimate of drug-likeness (QED) is 0.148. The highest BCUT2D eigenvalue weighted by Crippen LogP contribution is 2.42. The monoisotopic (exact) mass is 652 g/mol. The van der Waals surface area contributed by atoms with Crippen LogP contribution in [0.2, 0.25) is 0 Å². The van der Waals surface area contributed by atoms with Gasteiger partial charge in [0.2, 0.25) is 5.95 Å². The molecule has 4 aromatic rings. The largest absolute Gasteiger partial charge is 0.506 e. The second-order valence-electron chi connectivity index (χ2n) is 11.6. The van der Waals surface area contributed by atoms with Gasteiger partial charge in [0.15, 0.2) is 0 Å². The fraction of sp³-hybridized carbons (Fsp3) is 0.400. The standard InChI is InChI=1S/C30H38BrN8O2P/c1-18(2)20-15-24(26(40)16-25(20)39-13-9-19(10-14-39)38(3)4)36-30-34-17-21(31)29(37-30)35-23-8-7-22-27(33-12-11-32-22)28(23)42(5,6)41/h7-8,11-12,15-19,40H,9-10,13-14H2,1-6H3,(H2,34,35,36,37). The summed E-state index contributed by atoms with van der Waals surface area (Å²) in [4.78, 5) is 22.6. The second-order valence-corrected chi connectivity index (χ2v) is 15.6. The van der Waals surface area contributed by atoms with Crippen LogP contribution < -0.4 is 20.8 Å². The number of phenols is 1. The van der Waals surface area contributed by atoms with E-state index in [9.17, 15) is 9.67 Å². The van der Waals surface area contributed by atoms with Crippen LogP contribution in [0.15, 0.2) is 47.3 Å². The van der Waals surface area contributed by atoms with Crippen molar-refractivity contribution in [1.29, 1.82) is 0 Å². The molecule has 1 aliphatic heterocycles. The number of fused-ring (bicyclic) bond motifs is 1. The molecule has 2 aromatic carbocycles. The molecule has 5 rings (SSSR count). The van der Waals surface area contributed by atoms with Gasteiger partial charge in [-0.05, 0) is 85.9 Å². The number of benzene rings is 2. The van der Waals surface area contributed by atoms with Crippen LogP contribution in [0.25, 0.3) is 11.0 Å². The maximum Gasteiger partial charge on any atom is 0.229 e. The Morgan fingerprint density at radius 3 is 2.43 bits per heavy atom. The van der Waals surface area contributed by atoms with Crippen molar-refractivity contribution in [2.24, 2.45) is 0 Å². The van der Waals surface area contributed by atoms with Crippen molar-refractivity contribution in [1.82, 2.24) is 24.8 Å². The molecule has 12 heteroatoms. The predicted molar refractivity (Wildman–Crippen MR) is 176 cm³/mol. The SMILES string of the molecule is CC(C)c1cc(Nc2ncc(Br)c(Nc3ccc4nccnc4c3P(C)(C)=O)n2)c(O)cc1N1CCC(N(C)C)CC1. The Balaban J connectivity index is 1.44. The van der Waals surface area contributed by atoms with Crippen LogP contribution in [0.4, 0.5) is 28.8 Å². The van der Waals surface area contributed by atoms with Gasteiger partial charge < -0.3 is 30.1 Å². The number of aromatic nitrogens is 4. The summed E-state index contributed by atoms with van der Waals surface area (Å²) >= 11 is 3.54. The first-order chi connectivity index (χ1) is 19.9. The highest BCUT2D eigenvalue weighted by Gasteiger charge is 2.25. The van der Waals surface area contributed by atoms with Gasteiger partial charge in [0.05, 0.1) is 26.7 Å². The van der Waals surface area contributed by atoms with Crippen molar-refractivity contribution in [2.75, 3.05) is 56.0 Å². The molecule has 0 radical (unpaired) electrons. The lowest BCUT2D eigenvalue weighted by Crippen LogP contribution is -2.42. The van der Waals surface area contributed by atoms with Gasteiger partial charge in [-0.3, -0.25) is 9.97 Å². The molecule has 10 nitrogen and oxygen atoms in total. The summed E-state index contributed by atoms with van der Waals surface area (Å²) in [5.74, 6) is 1.18. The zero-order chi connectivity index (χ0) is 30.2. The van der Waals surface area contributed by atoms with E-state index in [4.69, 9.17) is 0 Å². The van der Waals surface area contributed by atoms with E-state index < -0.39 is 7.14 Å². The van der Waals surface area contributed by atoms with Crippen LogP contribution in [0.1, 0.15) is 38.2 Å². The Morgan fingerprint density at radius 2 is 1.76 bits per heavy atom. The Kier molecular flexibility index (Phi) is 8.73. The third-order valence-corrected chi connectivity index (χ3v) is 9.81. The molecule has 0 amide bonds. The first kappa shape index (κ1) is 30.2. The molecule has 42 heavy (non-hydrogen) atoms. The zero-order valence-electron chi connectivity index (χ0n) is 24.9. The van der Waals surface area contributed by atoms with E-state index >= 15 is 0 Å². The van der Waals surface area contributed by atoms with Crippen molar-refractivity contribution in [3.63, 3.8) is 0 Å². The number of hydrogen-bond donors (Lipinski definition) is 3. The summed E-state index contributed by atoms with van der Waals surface area (Å²) in [5, 5.41) is 18.2. The van der Waals surface area contributed by atoms with Gasteiger partial charge in [0.1, 0.15) is 24.2 Å². The number of hydrogen-bond acceptors (Lipinski definition) is 10. The smallest absolute Gasteiger partial charge is 0.229 e. The van der Waals surface area contributed by atoms with Crippen LogP contribution in [-0.4, -0.2) is 76.5 Å². The molecular formula is C30H38BrN8O2P. The van der Waals surface area contributed by atoms with E-state index in [1.54, 1.807) is 31.9 Å². The lowest BCUT2D eigenvalue weighted by atomic mass is 9.96. The highest BCUT2D eigenvalue weighted by atomic mass is 79.9. The predicted octanol–water partition coefficient (Wildman–Crippen LogP) is 6.28. The summed E-state index contributed by atoms with van der Waals surface area (Å²) < 4.78 is 14.0. The summed E-state index contributed by atoms with van der Waals surface area (Å²) in [5.41, 5.74) is 4.66. The molecule has 1 saturated heterocycles. The lowest BCUT2D eigenvalue weighted by molar-refractivity contribution is 0.249. The molecule has 0 aliphatic carbocycles. The van der Waals surface area contributed by atoms with E-state index in [1.807, 2.05) is 24.3 Å². The molecule has 0 bridgehead atoms. The molecule has 0 atom stereocenters. The number of halogens is 1. The Bertz CT molecular complexity index is 1650.